The van der Waals surface area contributed by atoms with E-state index in [1.807, 2.05) is 12.1 Å². The van der Waals surface area contributed by atoms with Gasteiger partial charge in [0.15, 0.2) is 6.61 Å². The Morgan fingerprint density at radius 1 is 1.20 bits per heavy atom. The first-order valence-electron chi connectivity index (χ1n) is 7.26. The molecule has 0 aliphatic carbocycles. The van der Waals surface area contributed by atoms with E-state index in [0.717, 1.165) is 22.8 Å². The number of halogens is 3. The summed E-state index contributed by atoms with van der Waals surface area (Å²) in [6.07, 6.45) is 0.139. The average Bonchev–Trinajstić information content (AvgIpc) is 3.05. The number of alkyl halides is 3. The molecule has 0 aliphatic heterocycles. The number of hydrogen-bond donors (Lipinski definition) is 2. The van der Waals surface area contributed by atoms with E-state index in [9.17, 15) is 18.0 Å². The highest BCUT2D eigenvalue weighted by atomic mass is 19.4. The number of carbonyl (C=O) groups is 1. The van der Waals surface area contributed by atoms with Crippen LogP contribution in [0.25, 0.3) is 11.0 Å². The summed E-state index contributed by atoms with van der Waals surface area (Å²) in [5, 5.41) is 3.63. The highest BCUT2D eigenvalue weighted by molar-refractivity contribution is 5.93. The molecule has 0 radical (unpaired) electrons. The number of carbonyl (C=O) groups excluding carboxylic acids is 1. The molecule has 0 aromatic carbocycles. The number of ether oxygens (including phenoxy) is 1. The van der Waals surface area contributed by atoms with Crippen LogP contribution in [-0.4, -0.2) is 33.6 Å². The molecule has 0 fully saturated rings. The van der Waals surface area contributed by atoms with Crippen LogP contribution in [0.4, 0.5) is 13.2 Å². The summed E-state index contributed by atoms with van der Waals surface area (Å²) in [6, 6.07) is 6.33. The minimum absolute atomic E-state index is 0.198. The quantitative estimate of drug-likeness (QED) is 0.742. The first-order chi connectivity index (χ1) is 11.9. The van der Waals surface area contributed by atoms with E-state index >= 15 is 0 Å². The minimum atomic E-state index is -4.44. The molecule has 3 aromatic heterocycles. The van der Waals surface area contributed by atoms with Crippen LogP contribution in [0.3, 0.4) is 0 Å². The lowest BCUT2D eigenvalue weighted by Crippen LogP contribution is -2.23. The van der Waals surface area contributed by atoms with Gasteiger partial charge in [0.05, 0.1) is 5.56 Å². The Morgan fingerprint density at radius 3 is 2.76 bits per heavy atom. The SMILES string of the molecule is O=C(NCc1cnc2[nH]ccc2c1)c1ccc(OCC(F)(F)F)nc1. The number of amides is 1. The lowest BCUT2D eigenvalue weighted by Gasteiger charge is -2.09. The third-order valence-electron chi connectivity index (χ3n) is 3.29. The monoisotopic (exact) mass is 350 g/mol. The van der Waals surface area contributed by atoms with Crippen molar-refractivity contribution in [2.75, 3.05) is 6.61 Å². The molecule has 0 aliphatic rings. The van der Waals surface area contributed by atoms with Gasteiger partial charge in [-0.3, -0.25) is 4.79 Å². The summed E-state index contributed by atoms with van der Waals surface area (Å²) in [5.41, 5.74) is 1.79. The number of aromatic nitrogens is 3. The normalized spacial score (nSPS) is 11.5. The maximum atomic E-state index is 12.1. The van der Waals surface area contributed by atoms with Gasteiger partial charge >= 0.3 is 6.18 Å². The molecule has 25 heavy (non-hydrogen) atoms. The zero-order valence-electron chi connectivity index (χ0n) is 12.8. The number of pyridine rings is 2. The van der Waals surface area contributed by atoms with Crippen LogP contribution >= 0.6 is 0 Å². The van der Waals surface area contributed by atoms with Crippen molar-refractivity contribution in [3.63, 3.8) is 0 Å². The topological polar surface area (TPSA) is 79.9 Å². The van der Waals surface area contributed by atoms with Gasteiger partial charge in [-0.05, 0) is 23.8 Å². The lowest BCUT2D eigenvalue weighted by molar-refractivity contribution is -0.154. The molecular formula is C16H13F3N4O2. The van der Waals surface area contributed by atoms with E-state index in [2.05, 4.69) is 25.0 Å². The van der Waals surface area contributed by atoms with E-state index in [0.29, 0.717) is 0 Å². The fraction of sp³-hybridized carbons (Fsp3) is 0.188. The summed E-state index contributed by atoms with van der Waals surface area (Å²) in [7, 11) is 0. The Labute approximate surface area is 140 Å². The molecule has 0 atom stereocenters. The molecule has 0 saturated carbocycles. The Hall–Kier alpha value is -3.10. The van der Waals surface area contributed by atoms with Gasteiger partial charge in [0.25, 0.3) is 5.91 Å². The van der Waals surface area contributed by atoms with Gasteiger partial charge < -0.3 is 15.0 Å². The van der Waals surface area contributed by atoms with Crippen LogP contribution in [0.2, 0.25) is 0 Å². The van der Waals surface area contributed by atoms with Gasteiger partial charge in [0.2, 0.25) is 5.88 Å². The number of fused-ring (bicyclic) bond motifs is 1. The molecule has 130 valence electrons. The van der Waals surface area contributed by atoms with E-state index in [1.54, 1.807) is 12.4 Å². The Balaban J connectivity index is 1.57. The van der Waals surface area contributed by atoms with Crippen molar-refractivity contribution >= 4 is 16.9 Å². The largest absolute Gasteiger partial charge is 0.468 e. The van der Waals surface area contributed by atoms with Crippen molar-refractivity contribution in [1.82, 2.24) is 20.3 Å². The molecule has 9 heteroatoms. The summed E-state index contributed by atoms with van der Waals surface area (Å²) in [4.78, 5) is 22.9. The maximum Gasteiger partial charge on any atom is 0.422 e. The Morgan fingerprint density at radius 2 is 2.04 bits per heavy atom. The summed E-state index contributed by atoms with van der Waals surface area (Å²) in [5.74, 6) is -0.597. The molecule has 3 aromatic rings. The van der Waals surface area contributed by atoms with Crippen LogP contribution in [0, 0.1) is 0 Å². The van der Waals surface area contributed by atoms with Crippen LogP contribution in [-0.2, 0) is 6.54 Å². The first kappa shape index (κ1) is 16.7. The van der Waals surface area contributed by atoms with Crippen LogP contribution in [0.1, 0.15) is 15.9 Å². The zero-order valence-corrected chi connectivity index (χ0v) is 12.8. The van der Waals surface area contributed by atoms with Crippen molar-refractivity contribution in [2.45, 2.75) is 12.7 Å². The summed E-state index contributed by atoms with van der Waals surface area (Å²) >= 11 is 0. The average molecular weight is 350 g/mol. The molecule has 3 heterocycles. The number of rotatable bonds is 5. The van der Waals surface area contributed by atoms with Gasteiger partial charge in [0, 0.05) is 36.6 Å². The molecule has 0 spiro atoms. The highest BCUT2D eigenvalue weighted by Gasteiger charge is 2.28. The van der Waals surface area contributed by atoms with Crippen molar-refractivity contribution in [3.8, 4) is 5.88 Å². The maximum absolute atomic E-state index is 12.1. The number of aromatic amines is 1. The third kappa shape index (κ3) is 4.46. The van der Waals surface area contributed by atoms with Crippen LogP contribution < -0.4 is 10.1 Å². The smallest absolute Gasteiger partial charge is 0.422 e. The number of nitrogens with zero attached hydrogens (tertiary/aromatic N) is 2. The van der Waals surface area contributed by atoms with E-state index in [1.165, 1.54) is 12.1 Å². The fourth-order valence-corrected chi connectivity index (χ4v) is 2.12. The Kier molecular flexibility index (Phi) is 4.55. The zero-order chi connectivity index (χ0) is 17.9. The molecule has 0 saturated heterocycles. The Bertz CT molecular complexity index is 875. The van der Waals surface area contributed by atoms with Gasteiger partial charge in [0.1, 0.15) is 5.65 Å². The second-order valence-corrected chi connectivity index (χ2v) is 5.23. The molecule has 2 N–H and O–H groups in total. The van der Waals surface area contributed by atoms with Gasteiger partial charge in [-0.15, -0.1) is 0 Å². The van der Waals surface area contributed by atoms with E-state index < -0.39 is 18.7 Å². The van der Waals surface area contributed by atoms with Crippen LogP contribution in [0.5, 0.6) is 5.88 Å². The minimum Gasteiger partial charge on any atom is -0.468 e. The van der Waals surface area contributed by atoms with Crippen molar-refractivity contribution in [1.29, 1.82) is 0 Å². The summed E-state index contributed by atoms with van der Waals surface area (Å²) in [6.45, 7) is -1.17. The third-order valence-corrected chi connectivity index (χ3v) is 3.29. The molecule has 6 nitrogen and oxygen atoms in total. The van der Waals surface area contributed by atoms with Crippen molar-refractivity contribution in [3.05, 3.63) is 54.0 Å². The molecule has 1 amide bonds. The van der Waals surface area contributed by atoms with Gasteiger partial charge in [-0.1, -0.05) is 0 Å². The van der Waals surface area contributed by atoms with Crippen molar-refractivity contribution in [2.24, 2.45) is 0 Å². The molecule has 3 rings (SSSR count). The van der Waals surface area contributed by atoms with Gasteiger partial charge in [-0.25, -0.2) is 9.97 Å². The number of H-pyrrole nitrogens is 1. The number of hydrogen-bond acceptors (Lipinski definition) is 4. The molecule has 0 bridgehead atoms. The predicted octanol–water partition coefficient (Wildman–Crippen LogP) is 2.83. The fourth-order valence-electron chi connectivity index (χ4n) is 2.12. The lowest BCUT2D eigenvalue weighted by atomic mass is 10.2. The second kappa shape index (κ2) is 6.80. The molecule has 0 unspecified atom stereocenters. The van der Waals surface area contributed by atoms with Crippen LogP contribution in [0.15, 0.2) is 42.9 Å². The highest BCUT2D eigenvalue weighted by Crippen LogP contribution is 2.17. The van der Waals surface area contributed by atoms with Gasteiger partial charge in [-0.2, -0.15) is 13.2 Å². The summed E-state index contributed by atoms with van der Waals surface area (Å²) < 4.78 is 40.7. The predicted molar refractivity (Wildman–Crippen MR) is 83.1 cm³/mol. The van der Waals surface area contributed by atoms with Crippen molar-refractivity contribution < 1.29 is 22.7 Å². The second-order valence-electron chi connectivity index (χ2n) is 5.23. The first-order valence-corrected chi connectivity index (χ1v) is 7.26. The van der Waals surface area contributed by atoms with E-state index in [4.69, 9.17) is 0 Å². The molecular weight excluding hydrogens is 337 g/mol. The standard InChI is InChI=1S/C16H13F3N4O2/c17-16(18,19)9-25-13-2-1-12(8-21-13)15(24)23-7-10-5-11-3-4-20-14(11)22-6-10/h1-6,8H,7,9H2,(H,20,22)(H,23,24). The van der Waals surface area contributed by atoms with E-state index in [-0.39, 0.29) is 18.0 Å². The number of nitrogens with one attached hydrogen (secondary N) is 2.